The molecule has 3 N–H and O–H groups in total. The van der Waals surface area contributed by atoms with Crippen LogP contribution in [0.25, 0.3) is 0 Å². The number of carbonyl (C=O) groups is 1. The van der Waals surface area contributed by atoms with Gasteiger partial charge in [0.2, 0.25) is 0 Å². The maximum absolute atomic E-state index is 10.4. The third-order valence-electron chi connectivity index (χ3n) is 1.37. The number of Topliss-reactive ketones (excluding diaryl/α,β-unsaturated/α-hetero) is 1. The van der Waals surface area contributed by atoms with Crippen molar-refractivity contribution in [2.24, 2.45) is 5.73 Å². The SMILES string of the molecule is CC(=O)CCC(N)CCO. The van der Waals surface area contributed by atoms with Gasteiger partial charge >= 0.3 is 0 Å². The van der Waals surface area contributed by atoms with E-state index in [0.717, 1.165) is 0 Å². The predicted octanol–water partition coefficient (Wildman–Crippen LogP) is 0.0653. The van der Waals surface area contributed by atoms with E-state index in [1.807, 2.05) is 0 Å². The van der Waals surface area contributed by atoms with E-state index >= 15 is 0 Å². The minimum absolute atomic E-state index is 0.0195. The van der Waals surface area contributed by atoms with E-state index in [4.69, 9.17) is 10.8 Å². The van der Waals surface area contributed by atoms with Crippen molar-refractivity contribution in [3.63, 3.8) is 0 Å². The lowest BCUT2D eigenvalue weighted by molar-refractivity contribution is -0.117. The second kappa shape index (κ2) is 5.38. The molecule has 0 amide bonds. The molecule has 10 heavy (non-hydrogen) atoms. The van der Waals surface area contributed by atoms with Gasteiger partial charge in [-0.1, -0.05) is 0 Å². The summed E-state index contributed by atoms with van der Waals surface area (Å²) in [5, 5.41) is 8.44. The van der Waals surface area contributed by atoms with Crippen LogP contribution in [0, 0.1) is 0 Å². The highest BCUT2D eigenvalue weighted by atomic mass is 16.3. The molecule has 1 unspecified atom stereocenters. The van der Waals surface area contributed by atoms with Crippen LogP contribution in [-0.4, -0.2) is 23.5 Å². The van der Waals surface area contributed by atoms with Gasteiger partial charge in [0.1, 0.15) is 5.78 Å². The fourth-order valence-corrected chi connectivity index (χ4v) is 0.699. The van der Waals surface area contributed by atoms with Crippen LogP contribution in [0.15, 0.2) is 0 Å². The summed E-state index contributed by atoms with van der Waals surface area (Å²) in [6, 6.07) is -0.0195. The summed E-state index contributed by atoms with van der Waals surface area (Å²) in [5.41, 5.74) is 5.52. The molecular weight excluding hydrogens is 130 g/mol. The molecule has 0 aromatic carbocycles. The van der Waals surface area contributed by atoms with Crippen LogP contribution >= 0.6 is 0 Å². The summed E-state index contributed by atoms with van der Waals surface area (Å²) >= 11 is 0. The minimum atomic E-state index is -0.0195. The van der Waals surface area contributed by atoms with Crippen LogP contribution < -0.4 is 5.73 Å². The molecule has 0 spiro atoms. The highest BCUT2D eigenvalue weighted by Gasteiger charge is 2.02. The van der Waals surface area contributed by atoms with E-state index in [1.54, 1.807) is 6.92 Å². The van der Waals surface area contributed by atoms with Crippen LogP contribution in [-0.2, 0) is 4.79 Å². The van der Waals surface area contributed by atoms with E-state index in [1.165, 1.54) is 0 Å². The Labute approximate surface area is 61.2 Å². The molecule has 0 saturated carbocycles. The molecule has 3 nitrogen and oxygen atoms in total. The highest BCUT2D eigenvalue weighted by molar-refractivity contribution is 5.75. The van der Waals surface area contributed by atoms with E-state index in [-0.39, 0.29) is 18.4 Å². The van der Waals surface area contributed by atoms with Gasteiger partial charge in [-0.15, -0.1) is 0 Å². The predicted molar refractivity (Wildman–Crippen MR) is 39.6 cm³/mol. The Morgan fingerprint density at radius 3 is 2.60 bits per heavy atom. The van der Waals surface area contributed by atoms with Crippen molar-refractivity contribution in [3.05, 3.63) is 0 Å². The molecule has 0 saturated heterocycles. The van der Waals surface area contributed by atoms with Gasteiger partial charge in [0.05, 0.1) is 0 Å². The first-order chi connectivity index (χ1) is 4.66. The number of nitrogens with two attached hydrogens (primary N) is 1. The standard InChI is InChI=1S/C7H15NO2/c1-6(10)2-3-7(8)4-5-9/h7,9H,2-5,8H2,1H3. The maximum atomic E-state index is 10.4. The van der Waals surface area contributed by atoms with Gasteiger partial charge in [-0.25, -0.2) is 0 Å². The summed E-state index contributed by atoms with van der Waals surface area (Å²) in [7, 11) is 0. The molecule has 60 valence electrons. The van der Waals surface area contributed by atoms with Gasteiger partial charge in [-0.05, 0) is 19.8 Å². The lowest BCUT2D eigenvalue weighted by atomic mass is 10.1. The maximum Gasteiger partial charge on any atom is 0.129 e. The fraction of sp³-hybridized carbons (Fsp3) is 0.857. The van der Waals surface area contributed by atoms with Gasteiger partial charge in [0, 0.05) is 19.1 Å². The molecular formula is C7H15NO2. The van der Waals surface area contributed by atoms with Crippen LogP contribution in [0.4, 0.5) is 0 Å². The van der Waals surface area contributed by atoms with Gasteiger partial charge in [-0.3, -0.25) is 0 Å². The molecule has 0 bridgehead atoms. The normalized spacial score (nSPS) is 13.1. The molecule has 0 aliphatic rings. The number of aliphatic hydroxyl groups excluding tert-OH is 1. The lowest BCUT2D eigenvalue weighted by Crippen LogP contribution is -2.21. The van der Waals surface area contributed by atoms with Gasteiger partial charge in [-0.2, -0.15) is 0 Å². The van der Waals surface area contributed by atoms with Crippen LogP contribution in [0.5, 0.6) is 0 Å². The first-order valence-corrected chi connectivity index (χ1v) is 3.52. The van der Waals surface area contributed by atoms with Crippen molar-refractivity contribution in [1.82, 2.24) is 0 Å². The summed E-state index contributed by atoms with van der Waals surface area (Å²) < 4.78 is 0. The summed E-state index contributed by atoms with van der Waals surface area (Å²) in [4.78, 5) is 10.4. The second-order valence-corrected chi connectivity index (χ2v) is 2.51. The van der Waals surface area contributed by atoms with E-state index in [2.05, 4.69) is 0 Å². The summed E-state index contributed by atoms with van der Waals surface area (Å²) in [6.45, 7) is 1.66. The largest absolute Gasteiger partial charge is 0.396 e. The number of carbonyl (C=O) groups excluding carboxylic acids is 1. The van der Waals surface area contributed by atoms with E-state index in [0.29, 0.717) is 19.3 Å². The quantitative estimate of drug-likeness (QED) is 0.575. The Kier molecular flexibility index (Phi) is 5.16. The van der Waals surface area contributed by atoms with Crippen LogP contribution in [0.3, 0.4) is 0 Å². The smallest absolute Gasteiger partial charge is 0.129 e. The van der Waals surface area contributed by atoms with Gasteiger partial charge < -0.3 is 15.6 Å². The zero-order valence-corrected chi connectivity index (χ0v) is 6.34. The van der Waals surface area contributed by atoms with Crippen molar-refractivity contribution >= 4 is 5.78 Å². The van der Waals surface area contributed by atoms with Crippen molar-refractivity contribution < 1.29 is 9.90 Å². The van der Waals surface area contributed by atoms with E-state index in [9.17, 15) is 4.79 Å². The summed E-state index contributed by atoms with van der Waals surface area (Å²) in [5.74, 6) is 0.161. The van der Waals surface area contributed by atoms with Crippen LogP contribution in [0.1, 0.15) is 26.2 Å². The Balaban J connectivity index is 3.21. The van der Waals surface area contributed by atoms with Crippen LogP contribution in [0.2, 0.25) is 0 Å². The monoisotopic (exact) mass is 145 g/mol. The van der Waals surface area contributed by atoms with Gasteiger partial charge in [0.15, 0.2) is 0 Å². The third-order valence-corrected chi connectivity index (χ3v) is 1.37. The van der Waals surface area contributed by atoms with Crippen molar-refractivity contribution in [1.29, 1.82) is 0 Å². The Morgan fingerprint density at radius 2 is 2.20 bits per heavy atom. The average Bonchev–Trinajstić information content (AvgIpc) is 1.85. The number of hydrogen-bond acceptors (Lipinski definition) is 3. The molecule has 0 aromatic rings. The Bertz CT molecular complexity index is 104. The lowest BCUT2D eigenvalue weighted by Gasteiger charge is -2.06. The molecule has 3 heteroatoms. The fourth-order valence-electron chi connectivity index (χ4n) is 0.699. The minimum Gasteiger partial charge on any atom is -0.396 e. The van der Waals surface area contributed by atoms with Crippen molar-refractivity contribution in [2.75, 3.05) is 6.61 Å². The summed E-state index contributed by atoms with van der Waals surface area (Å²) in [6.07, 6.45) is 1.81. The van der Waals surface area contributed by atoms with Crippen molar-refractivity contribution in [2.45, 2.75) is 32.2 Å². The molecule has 0 aromatic heterocycles. The number of ketones is 1. The topological polar surface area (TPSA) is 63.3 Å². The van der Waals surface area contributed by atoms with E-state index < -0.39 is 0 Å². The molecule has 0 radical (unpaired) electrons. The number of aliphatic hydroxyl groups is 1. The average molecular weight is 145 g/mol. The Morgan fingerprint density at radius 1 is 1.60 bits per heavy atom. The molecule has 0 heterocycles. The molecule has 0 rings (SSSR count). The zero-order valence-electron chi connectivity index (χ0n) is 6.34. The van der Waals surface area contributed by atoms with Gasteiger partial charge in [0.25, 0.3) is 0 Å². The molecule has 0 aliphatic carbocycles. The molecule has 0 fully saturated rings. The highest BCUT2D eigenvalue weighted by Crippen LogP contribution is 1.98. The first kappa shape index (κ1) is 9.59. The zero-order chi connectivity index (χ0) is 7.98. The first-order valence-electron chi connectivity index (χ1n) is 3.52. The number of rotatable bonds is 5. The Hall–Kier alpha value is -0.410. The molecule has 1 atom stereocenters. The molecule has 0 aliphatic heterocycles. The number of hydrogen-bond donors (Lipinski definition) is 2. The van der Waals surface area contributed by atoms with Crippen molar-refractivity contribution in [3.8, 4) is 0 Å². The third kappa shape index (κ3) is 5.72. The second-order valence-electron chi connectivity index (χ2n) is 2.51.